The number of hydrogen-bond donors (Lipinski definition) is 0. The molecule has 0 spiro atoms. The number of amides is 1. The predicted octanol–water partition coefficient (Wildman–Crippen LogP) is 3.80. The van der Waals surface area contributed by atoms with Crippen LogP contribution in [0.25, 0.3) is 6.08 Å². The Bertz CT molecular complexity index is 791. The van der Waals surface area contributed by atoms with Gasteiger partial charge in [0.2, 0.25) is 0 Å². The van der Waals surface area contributed by atoms with Crippen LogP contribution in [0.2, 0.25) is 0 Å². The van der Waals surface area contributed by atoms with E-state index in [1.54, 1.807) is 18.9 Å². The smallest absolute Gasteiger partial charge is 0.258 e. The van der Waals surface area contributed by atoms with E-state index >= 15 is 0 Å². The molecule has 0 atom stereocenters. The van der Waals surface area contributed by atoms with Gasteiger partial charge in [0.25, 0.3) is 5.91 Å². The highest BCUT2D eigenvalue weighted by Gasteiger charge is 2.26. The van der Waals surface area contributed by atoms with Crippen LogP contribution in [-0.2, 0) is 0 Å². The molecule has 24 heavy (non-hydrogen) atoms. The molecular weight excluding hydrogens is 324 g/mol. The van der Waals surface area contributed by atoms with Gasteiger partial charge in [0, 0.05) is 23.4 Å². The Labute approximate surface area is 145 Å². The van der Waals surface area contributed by atoms with E-state index in [2.05, 4.69) is 5.16 Å². The summed E-state index contributed by atoms with van der Waals surface area (Å²) in [4.78, 5) is 14.7. The molecule has 3 rings (SSSR count). The summed E-state index contributed by atoms with van der Waals surface area (Å²) in [6.45, 7) is 6.42. The number of rotatable bonds is 3. The fourth-order valence-corrected chi connectivity index (χ4v) is 3.75. The lowest BCUT2D eigenvalue weighted by Gasteiger charge is -2.18. The van der Waals surface area contributed by atoms with Gasteiger partial charge in [-0.15, -0.1) is 11.8 Å². The SMILES string of the molecule is COc1ccc(C(=O)N2CCS/C2=C/c2c(C)noc2C)cc1C. The maximum atomic E-state index is 12.9. The van der Waals surface area contributed by atoms with Gasteiger partial charge in [-0.05, 0) is 50.6 Å². The van der Waals surface area contributed by atoms with Crippen LogP contribution in [0, 0.1) is 20.8 Å². The van der Waals surface area contributed by atoms with Crippen molar-refractivity contribution in [2.75, 3.05) is 19.4 Å². The lowest BCUT2D eigenvalue weighted by molar-refractivity contribution is 0.0831. The van der Waals surface area contributed by atoms with Gasteiger partial charge < -0.3 is 14.2 Å². The number of nitrogens with zero attached hydrogens (tertiary/aromatic N) is 2. The molecule has 1 aliphatic rings. The number of thioether (sulfide) groups is 1. The second-order valence-electron chi connectivity index (χ2n) is 5.71. The minimum atomic E-state index is 0.00348. The largest absolute Gasteiger partial charge is 0.496 e. The molecular formula is C18H20N2O3S. The Balaban J connectivity index is 1.90. The summed E-state index contributed by atoms with van der Waals surface area (Å²) in [6.07, 6.45) is 1.99. The quantitative estimate of drug-likeness (QED) is 0.848. The van der Waals surface area contributed by atoms with E-state index in [4.69, 9.17) is 9.26 Å². The topological polar surface area (TPSA) is 55.6 Å². The van der Waals surface area contributed by atoms with Crippen LogP contribution >= 0.6 is 11.8 Å². The van der Waals surface area contributed by atoms with E-state index < -0.39 is 0 Å². The molecule has 126 valence electrons. The molecule has 1 aromatic carbocycles. The molecule has 1 aliphatic heterocycles. The molecule has 1 fully saturated rings. The first-order valence-corrected chi connectivity index (χ1v) is 8.73. The van der Waals surface area contributed by atoms with Gasteiger partial charge in [0.15, 0.2) is 0 Å². The van der Waals surface area contributed by atoms with Gasteiger partial charge in [-0.3, -0.25) is 4.79 Å². The maximum absolute atomic E-state index is 12.9. The molecule has 1 aromatic heterocycles. The van der Waals surface area contributed by atoms with Crippen molar-refractivity contribution < 1.29 is 14.1 Å². The van der Waals surface area contributed by atoms with Crippen molar-refractivity contribution in [2.24, 2.45) is 0 Å². The normalized spacial score (nSPS) is 16.0. The van der Waals surface area contributed by atoms with Crippen LogP contribution in [0.15, 0.2) is 27.8 Å². The Kier molecular flexibility index (Phi) is 4.66. The van der Waals surface area contributed by atoms with Gasteiger partial charge >= 0.3 is 0 Å². The number of hydrogen-bond acceptors (Lipinski definition) is 5. The molecule has 5 nitrogen and oxygen atoms in total. The van der Waals surface area contributed by atoms with Crippen molar-refractivity contribution in [1.82, 2.24) is 10.1 Å². The molecule has 0 aliphatic carbocycles. The lowest BCUT2D eigenvalue weighted by atomic mass is 10.1. The number of aromatic nitrogens is 1. The first-order valence-electron chi connectivity index (χ1n) is 7.75. The van der Waals surface area contributed by atoms with Gasteiger partial charge in [-0.1, -0.05) is 5.16 Å². The van der Waals surface area contributed by atoms with Crippen LogP contribution in [-0.4, -0.2) is 35.4 Å². The van der Waals surface area contributed by atoms with E-state index in [9.17, 15) is 4.79 Å². The summed E-state index contributed by atoms with van der Waals surface area (Å²) in [6, 6.07) is 5.52. The van der Waals surface area contributed by atoms with Crippen molar-refractivity contribution in [3.63, 3.8) is 0 Å². The zero-order valence-electron chi connectivity index (χ0n) is 14.3. The molecule has 2 heterocycles. The Morgan fingerprint density at radius 2 is 2.17 bits per heavy atom. The summed E-state index contributed by atoms with van der Waals surface area (Å²) in [5.41, 5.74) is 3.40. The van der Waals surface area contributed by atoms with Crippen LogP contribution < -0.4 is 4.74 Å². The molecule has 0 bridgehead atoms. The number of benzene rings is 1. The zero-order chi connectivity index (χ0) is 17.3. The van der Waals surface area contributed by atoms with E-state index in [-0.39, 0.29) is 5.91 Å². The Morgan fingerprint density at radius 1 is 1.38 bits per heavy atom. The minimum absolute atomic E-state index is 0.00348. The number of carbonyl (C=O) groups is 1. The van der Waals surface area contributed by atoms with Crippen molar-refractivity contribution in [1.29, 1.82) is 0 Å². The van der Waals surface area contributed by atoms with Crippen LogP contribution in [0.4, 0.5) is 0 Å². The molecule has 1 saturated heterocycles. The molecule has 6 heteroatoms. The fraction of sp³-hybridized carbons (Fsp3) is 0.333. The highest BCUT2D eigenvalue weighted by molar-refractivity contribution is 8.03. The van der Waals surface area contributed by atoms with E-state index in [1.807, 2.05) is 49.9 Å². The highest BCUT2D eigenvalue weighted by Crippen LogP contribution is 2.33. The third-order valence-corrected chi connectivity index (χ3v) is 5.09. The van der Waals surface area contributed by atoms with E-state index in [0.29, 0.717) is 12.1 Å². The predicted molar refractivity (Wildman–Crippen MR) is 95.2 cm³/mol. The van der Waals surface area contributed by atoms with Crippen LogP contribution in [0.1, 0.15) is 32.9 Å². The molecule has 0 radical (unpaired) electrons. The Morgan fingerprint density at radius 3 is 2.79 bits per heavy atom. The van der Waals surface area contributed by atoms with Gasteiger partial charge in [0.1, 0.15) is 11.5 Å². The zero-order valence-corrected chi connectivity index (χ0v) is 15.1. The highest BCUT2D eigenvalue weighted by atomic mass is 32.2. The number of aryl methyl sites for hydroxylation is 3. The summed E-state index contributed by atoms with van der Waals surface area (Å²) >= 11 is 1.67. The lowest BCUT2D eigenvalue weighted by Crippen LogP contribution is -2.26. The second-order valence-corrected chi connectivity index (χ2v) is 6.83. The summed E-state index contributed by atoms with van der Waals surface area (Å²) in [7, 11) is 1.63. The summed E-state index contributed by atoms with van der Waals surface area (Å²) in [5.74, 6) is 2.44. The first kappa shape index (κ1) is 16.6. The average molecular weight is 344 g/mol. The van der Waals surface area contributed by atoms with Crippen LogP contribution in [0.5, 0.6) is 5.75 Å². The van der Waals surface area contributed by atoms with Crippen molar-refractivity contribution in [3.05, 3.63) is 51.4 Å². The summed E-state index contributed by atoms with van der Waals surface area (Å²) < 4.78 is 10.5. The summed E-state index contributed by atoms with van der Waals surface area (Å²) in [5, 5.41) is 4.90. The third-order valence-electron chi connectivity index (χ3n) is 4.07. The van der Waals surface area contributed by atoms with Crippen molar-refractivity contribution in [2.45, 2.75) is 20.8 Å². The van der Waals surface area contributed by atoms with E-state index in [0.717, 1.165) is 39.1 Å². The maximum Gasteiger partial charge on any atom is 0.258 e. The molecule has 1 amide bonds. The third kappa shape index (κ3) is 3.06. The first-order chi connectivity index (χ1) is 11.5. The van der Waals surface area contributed by atoms with Crippen molar-refractivity contribution in [3.8, 4) is 5.75 Å². The fourth-order valence-electron chi connectivity index (χ4n) is 2.74. The second kappa shape index (κ2) is 6.73. The average Bonchev–Trinajstić information content (AvgIpc) is 3.16. The number of methoxy groups -OCH3 is 1. The molecule has 0 N–H and O–H groups in total. The van der Waals surface area contributed by atoms with E-state index in [1.165, 1.54) is 0 Å². The monoisotopic (exact) mass is 344 g/mol. The number of carbonyl (C=O) groups excluding carboxylic acids is 1. The molecule has 0 saturated carbocycles. The van der Waals surface area contributed by atoms with Gasteiger partial charge in [0.05, 0.1) is 17.8 Å². The number of ether oxygens (including phenoxy) is 1. The Hall–Kier alpha value is -2.21. The molecule has 0 unspecified atom stereocenters. The minimum Gasteiger partial charge on any atom is -0.496 e. The standard InChI is InChI=1S/C18H20N2O3S/c1-11-9-14(5-6-16(11)22-4)18(21)20-7-8-24-17(20)10-15-12(2)19-23-13(15)3/h5-6,9-10H,7-8H2,1-4H3/b17-10+. The van der Waals surface area contributed by atoms with Crippen LogP contribution in [0.3, 0.4) is 0 Å². The van der Waals surface area contributed by atoms with Crippen molar-refractivity contribution >= 4 is 23.7 Å². The van der Waals surface area contributed by atoms with Gasteiger partial charge in [-0.2, -0.15) is 0 Å². The molecule has 2 aromatic rings. The van der Waals surface area contributed by atoms with Gasteiger partial charge in [-0.25, -0.2) is 0 Å².